The van der Waals surface area contributed by atoms with Gasteiger partial charge in [-0.05, 0) is 47.1 Å². The molecule has 0 saturated carbocycles. The molecule has 0 aliphatic carbocycles. The quantitative estimate of drug-likeness (QED) is 0.818. The van der Waals surface area contributed by atoms with Gasteiger partial charge in [0, 0.05) is 17.2 Å². The van der Waals surface area contributed by atoms with E-state index in [0.717, 1.165) is 23.3 Å². The second kappa shape index (κ2) is 6.74. The van der Waals surface area contributed by atoms with Crippen LogP contribution in [-0.4, -0.2) is 18.1 Å². The van der Waals surface area contributed by atoms with E-state index in [9.17, 15) is 0 Å². The van der Waals surface area contributed by atoms with Crippen LogP contribution in [0.5, 0.6) is 0 Å². The molecule has 1 N–H and O–H groups in total. The first-order valence-electron chi connectivity index (χ1n) is 4.81. The number of aromatic nitrogens is 1. The predicted molar refractivity (Wildman–Crippen MR) is 64.1 cm³/mol. The minimum Gasteiger partial charge on any atom is -0.313 e. The molecule has 1 heterocycles. The van der Waals surface area contributed by atoms with E-state index in [1.807, 2.05) is 18.2 Å². The molecule has 0 atom stereocenters. The van der Waals surface area contributed by atoms with Gasteiger partial charge in [-0.2, -0.15) is 0 Å². The van der Waals surface area contributed by atoms with Gasteiger partial charge in [0.05, 0.1) is 5.69 Å². The van der Waals surface area contributed by atoms with E-state index in [-0.39, 0.29) is 0 Å². The number of rotatable bonds is 5. The first-order valence-corrected chi connectivity index (χ1v) is 5.61. The third-order valence-electron chi connectivity index (χ3n) is 1.73. The minimum absolute atomic E-state index is 0.908. The number of hydrogen-bond donors (Lipinski definition) is 1. The van der Waals surface area contributed by atoms with Crippen LogP contribution in [0, 0.1) is 0 Å². The third kappa shape index (κ3) is 4.53. The maximum atomic E-state index is 4.23. The van der Waals surface area contributed by atoms with Crippen molar-refractivity contribution >= 4 is 22.0 Å². The lowest BCUT2D eigenvalue weighted by Gasteiger charge is -1.96. The second-order valence-corrected chi connectivity index (χ2v) is 3.92. The SMILES string of the molecule is CCCNC/C=C/c1ccc(Br)cn1. The van der Waals surface area contributed by atoms with Crippen LogP contribution in [0.15, 0.2) is 28.9 Å². The fraction of sp³-hybridized carbons (Fsp3) is 0.364. The zero-order chi connectivity index (χ0) is 10.2. The van der Waals surface area contributed by atoms with Gasteiger partial charge in [-0.25, -0.2) is 0 Å². The Balaban J connectivity index is 2.33. The van der Waals surface area contributed by atoms with Gasteiger partial charge in [0.25, 0.3) is 0 Å². The van der Waals surface area contributed by atoms with E-state index in [1.165, 1.54) is 6.42 Å². The summed E-state index contributed by atoms with van der Waals surface area (Å²) in [5, 5.41) is 3.29. The molecular formula is C11H15BrN2. The van der Waals surface area contributed by atoms with Crippen molar-refractivity contribution in [3.8, 4) is 0 Å². The molecule has 1 rings (SSSR count). The van der Waals surface area contributed by atoms with Gasteiger partial charge in [0.1, 0.15) is 0 Å². The van der Waals surface area contributed by atoms with Crippen molar-refractivity contribution in [3.05, 3.63) is 34.6 Å². The van der Waals surface area contributed by atoms with Crippen molar-refractivity contribution in [1.82, 2.24) is 10.3 Å². The number of pyridine rings is 1. The summed E-state index contributed by atoms with van der Waals surface area (Å²) in [7, 11) is 0. The maximum absolute atomic E-state index is 4.23. The average Bonchev–Trinajstić information content (AvgIpc) is 2.21. The molecule has 0 aromatic carbocycles. The summed E-state index contributed by atoms with van der Waals surface area (Å²) in [4.78, 5) is 4.23. The smallest absolute Gasteiger partial charge is 0.0627 e. The molecule has 1 aromatic rings. The Kier molecular flexibility index (Phi) is 5.49. The van der Waals surface area contributed by atoms with Gasteiger partial charge in [0.15, 0.2) is 0 Å². The summed E-state index contributed by atoms with van der Waals surface area (Å²) >= 11 is 3.35. The maximum Gasteiger partial charge on any atom is 0.0627 e. The summed E-state index contributed by atoms with van der Waals surface area (Å²) in [5.41, 5.74) is 0.992. The molecule has 0 aliphatic rings. The lowest BCUT2D eigenvalue weighted by molar-refractivity contribution is 0.730. The van der Waals surface area contributed by atoms with E-state index in [1.54, 1.807) is 6.20 Å². The molecule has 3 heteroatoms. The van der Waals surface area contributed by atoms with Gasteiger partial charge >= 0.3 is 0 Å². The lowest BCUT2D eigenvalue weighted by Crippen LogP contribution is -2.13. The van der Waals surface area contributed by atoms with Gasteiger partial charge in [-0.3, -0.25) is 4.98 Å². The molecule has 0 amide bonds. The molecule has 0 spiro atoms. The Bertz CT molecular complexity index is 280. The lowest BCUT2D eigenvalue weighted by atomic mass is 10.3. The summed E-state index contributed by atoms with van der Waals surface area (Å²) in [6.45, 7) is 4.14. The van der Waals surface area contributed by atoms with Gasteiger partial charge < -0.3 is 5.32 Å². The number of halogens is 1. The highest BCUT2D eigenvalue weighted by Crippen LogP contribution is 2.07. The molecule has 0 unspecified atom stereocenters. The van der Waals surface area contributed by atoms with Crippen molar-refractivity contribution in [2.45, 2.75) is 13.3 Å². The topological polar surface area (TPSA) is 24.9 Å². The summed E-state index contributed by atoms with van der Waals surface area (Å²) < 4.78 is 1.01. The normalized spacial score (nSPS) is 11.0. The fourth-order valence-electron chi connectivity index (χ4n) is 1.03. The predicted octanol–water partition coefficient (Wildman–Crippen LogP) is 2.86. The number of hydrogen-bond acceptors (Lipinski definition) is 2. The van der Waals surface area contributed by atoms with Gasteiger partial charge in [-0.1, -0.05) is 13.0 Å². The Labute approximate surface area is 93.6 Å². The summed E-state index contributed by atoms with van der Waals surface area (Å²) in [5.74, 6) is 0. The van der Waals surface area contributed by atoms with Crippen LogP contribution < -0.4 is 5.32 Å². The van der Waals surface area contributed by atoms with Crippen molar-refractivity contribution in [2.24, 2.45) is 0 Å². The van der Waals surface area contributed by atoms with Gasteiger partial charge in [0.2, 0.25) is 0 Å². The Morgan fingerprint density at radius 2 is 2.36 bits per heavy atom. The second-order valence-electron chi connectivity index (χ2n) is 3.01. The van der Waals surface area contributed by atoms with E-state index < -0.39 is 0 Å². The molecule has 0 aliphatic heterocycles. The van der Waals surface area contributed by atoms with Crippen LogP contribution in [-0.2, 0) is 0 Å². The first kappa shape index (κ1) is 11.4. The van der Waals surface area contributed by atoms with Crippen molar-refractivity contribution in [3.63, 3.8) is 0 Å². The number of nitrogens with one attached hydrogen (secondary N) is 1. The Morgan fingerprint density at radius 1 is 1.50 bits per heavy atom. The van der Waals surface area contributed by atoms with Crippen molar-refractivity contribution in [2.75, 3.05) is 13.1 Å². The van der Waals surface area contributed by atoms with Crippen LogP contribution in [0.4, 0.5) is 0 Å². The molecule has 1 aromatic heterocycles. The molecule has 2 nitrogen and oxygen atoms in total. The minimum atomic E-state index is 0.908. The fourth-order valence-corrected chi connectivity index (χ4v) is 1.26. The zero-order valence-corrected chi connectivity index (χ0v) is 9.92. The molecule has 76 valence electrons. The average molecular weight is 255 g/mol. The summed E-state index contributed by atoms with van der Waals surface area (Å²) in [6.07, 6.45) is 7.09. The van der Waals surface area contributed by atoms with E-state index in [4.69, 9.17) is 0 Å². The molecule has 0 saturated heterocycles. The molecule has 14 heavy (non-hydrogen) atoms. The summed E-state index contributed by atoms with van der Waals surface area (Å²) in [6, 6.07) is 3.98. The molecule has 0 fully saturated rings. The standard InChI is InChI=1S/C11H15BrN2/c1-2-7-13-8-3-4-11-6-5-10(12)9-14-11/h3-6,9,13H,2,7-8H2,1H3/b4-3+. The zero-order valence-electron chi connectivity index (χ0n) is 8.33. The third-order valence-corrected chi connectivity index (χ3v) is 2.20. The van der Waals surface area contributed by atoms with Crippen LogP contribution in [0.2, 0.25) is 0 Å². The van der Waals surface area contributed by atoms with E-state index in [2.05, 4.69) is 39.2 Å². The van der Waals surface area contributed by atoms with Crippen molar-refractivity contribution in [1.29, 1.82) is 0 Å². The molecule has 0 bridgehead atoms. The Morgan fingerprint density at radius 3 is 3.00 bits per heavy atom. The first-order chi connectivity index (χ1) is 6.83. The van der Waals surface area contributed by atoms with Crippen LogP contribution in [0.3, 0.4) is 0 Å². The highest BCUT2D eigenvalue weighted by Gasteiger charge is 1.87. The van der Waals surface area contributed by atoms with Crippen LogP contribution in [0.1, 0.15) is 19.0 Å². The van der Waals surface area contributed by atoms with Crippen LogP contribution in [0.25, 0.3) is 6.08 Å². The highest BCUT2D eigenvalue weighted by atomic mass is 79.9. The van der Waals surface area contributed by atoms with E-state index in [0.29, 0.717) is 0 Å². The molecular weight excluding hydrogens is 240 g/mol. The van der Waals surface area contributed by atoms with Gasteiger partial charge in [-0.15, -0.1) is 0 Å². The largest absolute Gasteiger partial charge is 0.313 e. The van der Waals surface area contributed by atoms with Crippen molar-refractivity contribution < 1.29 is 0 Å². The monoisotopic (exact) mass is 254 g/mol. The van der Waals surface area contributed by atoms with Crippen LogP contribution >= 0.6 is 15.9 Å². The highest BCUT2D eigenvalue weighted by molar-refractivity contribution is 9.10. The molecule has 0 radical (unpaired) electrons. The van der Waals surface area contributed by atoms with E-state index >= 15 is 0 Å². The Hall–Kier alpha value is -0.670. The number of nitrogens with zero attached hydrogens (tertiary/aromatic N) is 1.